The van der Waals surface area contributed by atoms with E-state index in [0.29, 0.717) is 5.75 Å². The maximum absolute atomic E-state index is 11.3. The Morgan fingerprint density at radius 1 is 1.11 bits per heavy atom. The molecular weight excluding hydrogens is 236 g/mol. The highest BCUT2D eigenvalue weighted by Gasteiger charge is 2.00. The lowest BCUT2D eigenvalue weighted by molar-refractivity contribution is -0.129. The van der Waals surface area contributed by atoms with Crippen molar-refractivity contribution in [2.75, 3.05) is 0 Å². The van der Waals surface area contributed by atoms with Gasteiger partial charge in [0.05, 0.1) is 0 Å². The first-order chi connectivity index (χ1) is 9.26. The van der Waals surface area contributed by atoms with Crippen LogP contribution in [0.5, 0.6) is 5.75 Å². The van der Waals surface area contributed by atoms with E-state index in [0.717, 1.165) is 6.42 Å². The van der Waals surface area contributed by atoms with Gasteiger partial charge >= 0.3 is 5.97 Å². The van der Waals surface area contributed by atoms with Crippen LogP contribution in [0.15, 0.2) is 36.4 Å². The number of hydrogen-bond donors (Lipinski definition) is 0. The molecule has 0 unspecified atom stereocenters. The molecule has 1 aromatic rings. The molecule has 104 valence electrons. The van der Waals surface area contributed by atoms with Gasteiger partial charge in [-0.25, -0.2) is 4.79 Å². The number of rotatable bonds is 8. The third-order valence-corrected chi connectivity index (χ3v) is 3.01. The van der Waals surface area contributed by atoms with Crippen LogP contribution in [0, 0.1) is 0 Å². The van der Waals surface area contributed by atoms with Gasteiger partial charge < -0.3 is 4.74 Å². The molecule has 0 spiro atoms. The Balaban J connectivity index is 2.33. The Morgan fingerprint density at radius 3 is 2.42 bits per heavy atom. The predicted molar refractivity (Wildman–Crippen MR) is 79.4 cm³/mol. The second-order valence-electron chi connectivity index (χ2n) is 4.73. The van der Waals surface area contributed by atoms with Gasteiger partial charge in [0.1, 0.15) is 5.75 Å². The van der Waals surface area contributed by atoms with E-state index in [4.69, 9.17) is 4.74 Å². The monoisotopic (exact) mass is 260 g/mol. The van der Waals surface area contributed by atoms with Gasteiger partial charge in [-0.1, -0.05) is 50.8 Å². The van der Waals surface area contributed by atoms with Gasteiger partial charge in [-0.15, -0.1) is 0 Å². The third-order valence-electron chi connectivity index (χ3n) is 3.01. The van der Waals surface area contributed by atoms with E-state index in [1.807, 2.05) is 24.3 Å². The van der Waals surface area contributed by atoms with Crippen molar-refractivity contribution in [3.05, 3.63) is 42.0 Å². The normalized spacial score (nSPS) is 10.8. The Bertz CT molecular complexity index is 390. The number of hydrogen-bond acceptors (Lipinski definition) is 2. The third kappa shape index (κ3) is 6.80. The van der Waals surface area contributed by atoms with Gasteiger partial charge in [0.2, 0.25) is 0 Å². The Morgan fingerprint density at radius 2 is 1.79 bits per heavy atom. The molecule has 0 amide bonds. The van der Waals surface area contributed by atoms with Crippen molar-refractivity contribution in [1.29, 1.82) is 0 Å². The summed E-state index contributed by atoms with van der Waals surface area (Å²) < 4.78 is 5.14. The van der Waals surface area contributed by atoms with Crippen LogP contribution in [-0.4, -0.2) is 5.97 Å². The molecule has 1 aromatic carbocycles. The summed E-state index contributed by atoms with van der Waals surface area (Å²) in [6.07, 6.45) is 10.7. The van der Waals surface area contributed by atoms with Crippen LogP contribution in [-0.2, 0) is 11.2 Å². The smallest absolute Gasteiger partial charge is 0.335 e. The van der Waals surface area contributed by atoms with Gasteiger partial charge in [0, 0.05) is 6.08 Å². The highest BCUT2D eigenvalue weighted by molar-refractivity contribution is 5.83. The van der Waals surface area contributed by atoms with Crippen LogP contribution in [0.25, 0.3) is 0 Å². The van der Waals surface area contributed by atoms with Crippen LogP contribution in [0.2, 0.25) is 0 Å². The summed E-state index contributed by atoms with van der Waals surface area (Å²) >= 11 is 0. The van der Waals surface area contributed by atoms with Crippen molar-refractivity contribution >= 4 is 5.97 Å². The number of ether oxygens (including phenoxy) is 1. The molecule has 19 heavy (non-hydrogen) atoms. The predicted octanol–water partition coefficient (Wildman–Crippen LogP) is 4.68. The number of unbranched alkanes of at least 4 members (excludes halogenated alkanes) is 4. The van der Waals surface area contributed by atoms with Crippen LogP contribution < -0.4 is 4.74 Å². The highest BCUT2D eigenvalue weighted by atomic mass is 16.5. The summed E-state index contributed by atoms with van der Waals surface area (Å²) in [4.78, 5) is 11.3. The van der Waals surface area contributed by atoms with E-state index in [9.17, 15) is 4.79 Å². The summed E-state index contributed by atoms with van der Waals surface area (Å²) in [6.45, 7) is 4.02. The zero-order valence-electron chi connectivity index (χ0n) is 12.0. The van der Waals surface area contributed by atoms with E-state index >= 15 is 0 Å². The van der Waals surface area contributed by atoms with E-state index in [1.165, 1.54) is 43.7 Å². The van der Waals surface area contributed by atoms with Crippen molar-refractivity contribution in [2.24, 2.45) is 0 Å². The maximum atomic E-state index is 11.3. The fraction of sp³-hybridized carbons (Fsp3) is 0.471. The first-order valence-corrected chi connectivity index (χ1v) is 7.19. The average Bonchev–Trinajstić information content (AvgIpc) is 2.41. The molecule has 0 radical (unpaired) electrons. The largest absolute Gasteiger partial charge is 0.423 e. The van der Waals surface area contributed by atoms with Crippen molar-refractivity contribution in [3.8, 4) is 5.75 Å². The van der Waals surface area contributed by atoms with Gasteiger partial charge in [-0.3, -0.25) is 0 Å². The molecule has 2 heteroatoms. The molecule has 0 aliphatic rings. The summed E-state index contributed by atoms with van der Waals surface area (Å²) in [6, 6.07) is 7.81. The second-order valence-corrected chi connectivity index (χ2v) is 4.73. The van der Waals surface area contributed by atoms with Crippen LogP contribution >= 0.6 is 0 Å². The van der Waals surface area contributed by atoms with Gasteiger partial charge in [-0.2, -0.15) is 0 Å². The second kappa shape index (κ2) is 9.37. The van der Waals surface area contributed by atoms with Crippen molar-refractivity contribution in [2.45, 2.75) is 52.4 Å². The quantitative estimate of drug-likeness (QED) is 0.293. The molecule has 0 bridgehead atoms. The fourth-order valence-corrected chi connectivity index (χ4v) is 1.94. The summed E-state index contributed by atoms with van der Waals surface area (Å²) in [5.41, 5.74) is 1.31. The first-order valence-electron chi connectivity index (χ1n) is 7.19. The molecule has 2 nitrogen and oxygen atoms in total. The Kier molecular flexibility index (Phi) is 7.64. The van der Waals surface area contributed by atoms with E-state index in [1.54, 1.807) is 13.0 Å². The number of allylic oxidation sites excluding steroid dienone is 1. The van der Waals surface area contributed by atoms with Crippen molar-refractivity contribution < 1.29 is 9.53 Å². The Hall–Kier alpha value is -1.57. The van der Waals surface area contributed by atoms with E-state index < -0.39 is 0 Å². The number of carbonyl (C=O) groups is 1. The first kappa shape index (κ1) is 15.5. The minimum atomic E-state index is -0.324. The minimum absolute atomic E-state index is 0.324. The van der Waals surface area contributed by atoms with E-state index in [-0.39, 0.29) is 5.97 Å². The molecule has 0 fully saturated rings. The fourth-order valence-electron chi connectivity index (χ4n) is 1.94. The molecule has 0 atom stereocenters. The molecule has 0 N–H and O–H groups in total. The Labute approximate surface area is 116 Å². The zero-order valence-corrected chi connectivity index (χ0v) is 12.0. The average molecular weight is 260 g/mol. The molecule has 1 rings (SSSR count). The van der Waals surface area contributed by atoms with Crippen LogP contribution in [0.3, 0.4) is 0 Å². The number of aryl methyl sites for hydroxylation is 1. The lowest BCUT2D eigenvalue weighted by Crippen LogP contribution is -2.03. The molecule has 0 heterocycles. The lowest BCUT2D eigenvalue weighted by Gasteiger charge is -2.04. The maximum Gasteiger partial charge on any atom is 0.335 e. The molecule has 0 aromatic heterocycles. The summed E-state index contributed by atoms with van der Waals surface area (Å²) in [5, 5.41) is 0. The number of benzene rings is 1. The number of carbonyl (C=O) groups excluding carboxylic acids is 1. The molecule has 0 saturated heterocycles. The lowest BCUT2D eigenvalue weighted by atomic mass is 10.1. The standard InChI is InChI=1S/C17H24O2/c1-3-5-6-7-8-10-15-11-13-16(14-12-15)19-17(18)9-4-2/h4,9,11-14H,3,5-8,10H2,1-2H3/b9-4+. The van der Waals surface area contributed by atoms with Crippen molar-refractivity contribution in [1.82, 2.24) is 0 Å². The topological polar surface area (TPSA) is 26.3 Å². The van der Waals surface area contributed by atoms with E-state index in [2.05, 4.69) is 6.92 Å². The van der Waals surface area contributed by atoms with Gasteiger partial charge in [-0.05, 0) is 37.5 Å². The molecule has 0 aliphatic heterocycles. The molecule has 0 aliphatic carbocycles. The molecular formula is C17H24O2. The van der Waals surface area contributed by atoms with Crippen molar-refractivity contribution in [3.63, 3.8) is 0 Å². The molecule has 0 saturated carbocycles. The highest BCUT2D eigenvalue weighted by Crippen LogP contribution is 2.15. The van der Waals surface area contributed by atoms with Gasteiger partial charge in [0.25, 0.3) is 0 Å². The SMILES string of the molecule is C/C=C/C(=O)Oc1ccc(CCCCCCC)cc1. The van der Waals surface area contributed by atoms with Crippen LogP contribution in [0.4, 0.5) is 0 Å². The minimum Gasteiger partial charge on any atom is -0.423 e. The summed E-state index contributed by atoms with van der Waals surface area (Å²) in [7, 11) is 0. The van der Waals surface area contributed by atoms with Crippen LogP contribution in [0.1, 0.15) is 51.5 Å². The summed E-state index contributed by atoms with van der Waals surface area (Å²) in [5.74, 6) is 0.285. The number of esters is 1. The zero-order chi connectivity index (χ0) is 13.9. The van der Waals surface area contributed by atoms with Gasteiger partial charge in [0.15, 0.2) is 0 Å².